The Kier molecular flexibility index (Phi) is 7.23. The zero-order valence-electron chi connectivity index (χ0n) is 19.6. The molecule has 1 N–H and O–H groups in total. The molecule has 0 bridgehead atoms. The van der Waals surface area contributed by atoms with Gasteiger partial charge in [-0.25, -0.2) is 4.98 Å². The number of likely N-dealkylation sites (N-methyl/N-ethyl adjacent to an activating group) is 1. The number of ketones is 1. The molecule has 178 valence electrons. The zero-order valence-corrected chi connectivity index (χ0v) is 20.4. The number of aromatic nitrogens is 1. The molecule has 2 amide bonds. The van der Waals surface area contributed by atoms with E-state index in [9.17, 15) is 14.4 Å². The van der Waals surface area contributed by atoms with Crippen LogP contribution in [0.5, 0.6) is 5.75 Å². The number of amides is 2. The molecular weight excluding hydrogens is 452 g/mol. The van der Waals surface area contributed by atoms with Gasteiger partial charge >= 0.3 is 0 Å². The molecule has 1 aromatic heterocycles. The van der Waals surface area contributed by atoms with Gasteiger partial charge in [0.2, 0.25) is 5.91 Å². The number of ether oxygens (including phenoxy) is 1. The molecule has 1 aliphatic heterocycles. The Bertz CT molecular complexity index is 1230. The van der Waals surface area contributed by atoms with E-state index in [1.54, 1.807) is 24.3 Å². The molecule has 34 heavy (non-hydrogen) atoms. The number of nitrogens with one attached hydrogen (secondary N) is 1. The summed E-state index contributed by atoms with van der Waals surface area (Å²) >= 11 is 1.32. The van der Waals surface area contributed by atoms with E-state index in [1.807, 2.05) is 24.0 Å². The number of anilines is 1. The van der Waals surface area contributed by atoms with Gasteiger partial charge in [-0.1, -0.05) is 23.0 Å². The summed E-state index contributed by atoms with van der Waals surface area (Å²) in [6.07, 6.45) is 0.110. The zero-order chi connectivity index (χ0) is 24.2. The molecule has 4 rings (SSSR count). The Hall–Kier alpha value is -3.30. The van der Waals surface area contributed by atoms with Gasteiger partial charge in [0.1, 0.15) is 5.75 Å². The smallest absolute Gasteiger partial charge is 0.253 e. The number of nitrogens with zero attached hydrogens (tertiary/aromatic N) is 3. The molecule has 3 aromatic rings. The Morgan fingerprint density at radius 2 is 1.82 bits per heavy atom. The third-order valence-electron chi connectivity index (χ3n) is 5.91. The van der Waals surface area contributed by atoms with Crippen molar-refractivity contribution >= 4 is 44.3 Å². The third-order valence-corrected chi connectivity index (χ3v) is 6.84. The summed E-state index contributed by atoms with van der Waals surface area (Å²) in [6.45, 7) is 5.06. The van der Waals surface area contributed by atoms with Crippen molar-refractivity contribution < 1.29 is 19.1 Å². The highest BCUT2D eigenvalue weighted by Crippen LogP contribution is 2.28. The van der Waals surface area contributed by atoms with E-state index in [1.165, 1.54) is 18.4 Å². The van der Waals surface area contributed by atoms with Crippen molar-refractivity contribution in [2.45, 2.75) is 19.8 Å². The van der Waals surface area contributed by atoms with Gasteiger partial charge in [0.25, 0.3) is 5.91 Å². The molecule has 1 saturated heterocycles. The average Bonchev–Trinajstić information content (AvgIpc) is 3.23. The number of rotatable bonds is 7. The lowest BCUT2D eigenvalue weighted by Crippen LogP contribution is -2.47. The number of Topliss-reactive ketones (excluding diaryl/α,β-unsaturated/α-hetero) is 1. The minimum atomic E-state index is -0.284. The average molecular weight is 481 g/mol. The Morgan fingerprint density at radius 3 is 2.56 bits per heavy atom. The van der Waals surface area contributed by atoms with Crippen molar-refractivity contribution in [2.24, 2.45) is 0 Å². The Morgan fingerprint density at radius 1 is 1.06 bits per heavy atom. The number of aryl methyl sites for hydroxylation is 1. The lowest BCUT2D eigenvalue weighted by molar-refractivity contribution is -0.116. The molecule has 1 aliphatic rings. The van der Waals surface area contributed by atoms with E-state index in [0.29, 0.717) is 35.1 Å². The number of hydrogen-bond donors (Lipinski definition) is 1. The molecule has 0 unspecified atom stereocenters. The fourth-order valence-electron chi connectivity index (χ4n) is 3.89. The molecule has 0 aliphatic carbocycles. The molecule has 2 aromatic carbocycles. The first-order valence-electron chi connectivity index (χ1n) is 11.2. The molecular formula is C25H28N4O4S. The first kappa shape index (κ1) is 23.8. The van der Waals surface area contributed by atoms with Gasteiger partial charge in [0, 0.05) is 44.6 Å². The summed E-state index contributed by atoms with van der Waals surface area (Å²) in [5.41, 5.74) is 2.77. The predicted molar refractivity (Wildman–Crippen MR) is 133 cm³/mol. The molecule has 0 radical (unpaired) electrons. The largest absolute Gasteiger partial charge is 0.496 e. The number of benzene rings is 2. The van der Waals surface area contributed by atoms with Gasteiger partial charge < -0.3 is 19.9 Å². The van der Waals surface area contributed by atoms with Gasteiger partial charge in [-0.3, -0.25) is 14.4 Å². The molecule has 8 nitrogen and oxygen atoms in total. The maximum Gasteiger partial charge on any atom is 0.253 e. The number of fused-ring (bicyclic) bond motifs is 1. The predicted octanol–water partition coefficient (Wildman–Crippen LogP) is 3.60. The normalized spacial score (nSPS) is 14.3. The van der Waals surface area contributed by atoms with Crippen molar-refractivity contribution in [1.29, 1.82) is 0 Å². The maximum atomic E-state index is 12.8. The van der Waals surface area contributed by atoms with Crippen LogP contribution in [0.4, 0.5) is 5.13 Å². The molecule has 0 saturated carbocycles. The number of hydrogen-bond acceptors (Lipinski definition) is 7. The number of piperazine rings is 1. The van der Waals surface area contributed by atoms with Crippen molar-refractivity contribution in [3.63, 3.8) is 0 Å². The second kappa shape index (κ2) is 10.3. The van der Waals surface area contributed by atoms with Crippen molar-refractivity contribution in [1.82, 2.24) is 14.8 Å². The summed E-state index contributed by atoms with van der Waals surface area (Å²) in [4.78, 5) is 46.4. The summed E-state index contributed by atoms with van der Waals surface area (Å²) in [7, 11) is 3.57. The van der Waals surface area contributed by atoms with Gasteiger partial charge in [-0.05, 0) is 44.3 Å². The molecule has 1 fully saturated rings. The lowest BCUT2D eigenvalue weighted by Gasteiger charge is -2.32. The van der Waals surface area contributed by atoms with E-state index in [2.05, 4.69) is 22.2 Å². The van der Waals surface area contributed by atoms with Crippen LogP contribution in [0.3, 0.4) is 0 Å². The van der Waals surface area contributed by atoms with Crippen molar-refractivity contribution in [3.05, 3.63) is 53.1 Å². The SMILES string of the molecule is COc1ccc(C)cc1C(=O)CCC(=O)Nc1nc2ccc(C(=O)N3CCN(C)CC3)cc2s1. The fraction of sp³-hybridized carbons (Fsp3) is 0.360. The lowest BCUT2D eigenvalue weighted by atomic mass is 10.0. The van der Waals surface area contributed by atoms with Crippen LogP contribution in [0.25, 0.3) is 10.2 Å². The van der Waals surface area contributed by atoms with E-state index >= 15 is 0 Å². The second-order valence-corrected chi connectivity index (χ2v) is 9.50. The van der Waals surface area contributed by atoms with Crippen LogP contribution >= 0.6 is 11.3 Å². The van der Waals surface area contributed by atoms with E-state index in [-0.39, 0.29) is 30.4 Å². The van der Waals surface area contributed by atoms with Gasteiger partial charge in [0.05, 0.1) is 22.9 Å². The molecule has 0 atom stereocenters. The first-order chi connectivity index (χ1) is 16.3. The van der Waals surface area contributed by atoms with Crippen molar-refractivity contribution in [3.8, 4) is 5.75 Å². The first-order valence-corrected chi connectivity index (χ1v) is 12.0. The van der Waals surface area contributed by atoms with Crippen LogP contribution in [0.15, 0.2) is 36.4 Å². The second-order valence-electron chi connectivity index (χ2n) is 8.47. The monoisotopic (exact) mass is 480 g/mol. The van der Waals surface area contributed by atoms with Crippen LogP contribution in [0, 0.1) is 6.92 Å². The van der Waals surface area contributed by atoms with Crippen LogP contribution in [0.1, 0.15) is 39.1 Å². The molecule has 0 spiro atoms. The highest BCUT2D eigenvalue weighted by atomic mass is 32.1. The highest BCUT2D eigenvalue weighted by Gasteiger charge is 2.21. The quantitative estimate of drug-likeness (QED) is 0.520. The number of methoxy groups -OCH3 is 1. The van der Waals surface area contributed by atoms with Crippen molar-refractivity contribution in [2.75, 3.05) is 45.7 Å². The van der Waals surface area contributed by atoms with Crippen LogP contribution in [0.2, 0.25) is 0 Å². The maximum absolute atomic E-state index is 12.8. The van der Waals surface area contributed by atoms with Gasteiger partial charge in [-0.2, -0.15) is 0 Å². The minimum Gasteiger partial charge on any atom is -0.496 e. The highest BCUT2D eigenvalue weighted by molar-refractivity contribution is 7.22. The van der Waals surface area contributed by atoms with Crippen LogP contribution in [-0.2, 0) is 4.79 Å². The topological polar surface area (TPSA) is 91.8 Å². The van der Waals surface area contributed by atoms with E-state index in [4.69, 9.17) is 4.74 Å². The number of carbonyl (C=O) groups is 3. The summed E-state index contributed by atoms with van der Waals surface area (Å²) < 4.78 is 6.10. The molecule has 2 heterocycles. The summed E-state index contributed by atoms with van der Waals surface area (Å²) in [5.74, 6) is 0.0861. The Labute approximate surface area is 202 Å². The fourth-order valence-corrected chi connectivity index (χ4v) is 4.81. The van der Waals surface area contributed by atoms with Crippen LogP contribution in [-0.4, -0.2) is 72.7 Å². The number of thiazole rings is 1. The van der Waals surface area contributed by atoms with Gasteiger partial charge in [0.15, 0.2) is 10.9 Å². The third kappa shape index (κ3) is 5.43. The van der Waals surface area contributed by atoms with Crippen LogP contribution < -0.4 is 10.1 Å². The van der Waals surface area contributed by atoms with E-state index < -0.39 is 0 Å². The molecule has 9 heteroatoms. The van der Waals surface area contributed by atoms with E-state index in [0.717, 1.165) is 28.9 Å². The summed E-state index contributed by atoms with van der Waals surface area (Å²) in [5, 5.41) is 3.23. The summed E-state index contributed by atoms with van der Waals surface area (Å²) in [6, 6.07) is 10.8. The Balaban J connectivity index is 1.37. The standard InChI is InChI=1S/C25H28N4O4S/c1-16-4-8-21(33-3)18(14-16)20(30)7-9-23(31)27-25-26-19-6-5-17(15-22(19)34-25)24(32)29-12-10-28(2)11-13-29/h4-6,8,14-15H,7,9-13H2,1-3H3,(H,26,27,31). The minimum absolute atomic E-state index is 0.0130. The van der Waals surface area contributed by atoms with Gasteiger partial charge in [-0.15, -0.1) is 0 Å². The number of carbonyl (C=O) groups excluding carboxylic acids is 3.